The van der Waals surface area contributed by atoms with E-state index in [4.69, 9.17) is 0 Å². The zero-order chi connectivity index (χ0) is 13.0. The molecule has 0 unspecified atom stereocenters. The lowest BCUT2D eigenvalue weighted by Gasteiger charge is -2.31. The van der Waals surface area contributed by atoms with Crippen LogP contribution in [0.3, 0.4) is 0 Å². The first-order chi connectivity index (χ1) is 8.72. The number of carbonyl (C=O) groups excluding carboxylic acids is 1. The minimum Gasteiger partial charge on any atom is -0.338 e. The Labute approximate surface area is 137 Å². The number of rotatable bonds is 4. The van der Waals surface area contributed by atoms with Crippen LogP contribution >= 0.6 is 36.2 Å². The van der Waals surface area contributed by atoms with Gasteiger partial charge in [-0.1, -0.05) is 6.92 Å². The van der Waals surface area contributed by atoms with Crippen LogP contribution in [-0.2, 0) is 6.42 Å². The van der Waals surface area contributed by atoms with Crippen LogP contribution < -0.4 is 5.32 Å². The number of hydrogen-bond acceptors (Lipinski definition) is 4. The van der Waals surface area contributed by atoms with Gasteiger partial charge in [-0.2, -0.15) is 0 Å². The Balaban J connectivity index is 0.00000180. The van der Waals surface area contributed by atoms with Gasteiger partial charge >= 0.3 is 0 Å². The highest BCUT2D eigenvalue weighted by Crippen LogP contribution is 2.19. The summed E-state index contributed by atoms with van der Waals surface area (Å²) in [5.41, 5.74) is 0. The number of aryl methyl sites for hydroxylation is 1. The number of halogens is 2. The van der Waals surface area contributed by atoms with E-state index in [-0.39, 0.29) is 30.7 Å². The van der Waals surface area contributed by atoms with Crippen LogP contribution in [0, 0.1) is 0 Å². The van der Waals surface area contributed by atoms with E-state index < -0.39 is 0 Å². The molecule has 116 valence electrons. The fraction of sp³-hybridized carbons (Fsp3) is 0.692. The number of nitrogens with one attached hydrogen (secondary N) is 1. The molecule has 1 fully saturated rings. The van der Waals surface area contributed by atoms with Crippen LogP contribution in [0.15, 0.2) is 6.20 Å². The summed E-state index contributed by atoms with van der Waals surface area (Å²) < 4.78 is 0. The summed E-state index contributed by atoms with van der Waals surface area (Å²) in [4.78, 5) is 19.3. The van der Waals surface area contributed by atoms with Crippen LogP contribution in [0.2, 0.25) is 0 Å². The van der Waals surface area contributed by atoms with E-state index in [1.807, 2.05) is 11.9 Å². The zero-order valence-electron chi connectivity index (χ0n) is 11.9. The fourth-order valence-corrected chi connectivity index (χ4v) is 3.27. The molecule has 7 heteroatoms. The van der Waals surface area contributed by atoms with E-state index in [1.54, 1.807) is 6.20 Å². The maximum atomic E-state index is 12.3. The monoisotopic (exact) mass is 339 g/mol. The average Bonchev–Trinajstić information content (AvgIpc) is 2.87. The minimum atomic E-state index is 0. The number of aromatic nitrogens is 1. The van der Waals surface area contributed by atoms with E-state index in [2.05, 4.69) is 17.2 Å². The van der Waals surface area contributed by atoms with Gasteiger partial charge in [-0.05, 0) is 38.8 Å². The number of carbonyl (C=O) groups is 1. The lowest BCUT2D eigenvalue weighted by atomic mass is 10.1. The van der Waals surface area contributed by atoms with Crippen LogP contribution in [0.4, 0.5) is 0 Å². The number of hydrogen-bond donors (Lipinski definition) is 1. The van der Waals surface area contributed by atoms with Gasteiger partial charge in [-0.25, -0.2) is 4.98 Å². The maximum absolute atomic E-state index is 12.3. The Kier molecular flexibility index (Phi) is 9.38. The van der Waals surface area contributed by atoms with Gasteiger partial charge in [0.25, 0.3) is 5.91 Å². The number of piperidine rings is 1. The highest BCUT2D eigenvalue weighted by molar-refractivity contribution is 7.13. The second-order valence-corrected chi connectivity index (χ2v) is 5.88. The van der Waals surface area contributed by atoms with Crippen LogP contribution in [-0.4, -0.2) is 42.0 Å². The first-order valence-corrected chi connectivity index (χ1v) is 7.46. The summed E-state index contributed by atoms with van der Waals surface area (Å²) in [7, 11) is 1.91. The van der Waals surface area contributed by atoms with Crippen LogP contribution in [0.25, 0.3) is 0 Å². The van der Waals surface area contributed by atoms with Crippen molar-refractivity contribution in [3.8, 4) is 0 Å². The molecular weight excluding hydrogens is 317 g/mol. The highest BCUT2D eigenvalue weighted by atomic mass is 35.5. The lowest BCUT2D eigenvalue weighted by Crippen LogP contribution is -2.43. The molecule has 2 heterocycles. The van der Waals surface area contributed by atoms with Crippen LogP contribution in [0.5, 0.6) is 0 Å². The van der Waals surface area contributed by atoms with Crippen molar-refractivity contribution in [3.05, 3.63) is 16.1 Å². The molecular formula is C13H23Cl2N3OS. The van der Waals surface area contributed by atoms with Crippen molar-refractivity contribution in [2.45, 2.75) is 38.6 Å². The quantitative estimate of drug-likeness (QED) is 0.917. The van der Waals surface area contributed by atoms with Crippen molar-refractivity contribution in [1.82, 2.24) is 15.2 Å². The summed E-state index contributed by atoms with van der Waals surface area (Å²) in [6.07, 6.45) is 5.86. The average molecular weight is 340 g/mol. The molecule has 1 saturated heterocycles. The van der Waals surface area contributed by atoms with E-state index in [1.165, 1.54) is 11.3 Å². The van der Waals surface area contributed by atoms with E-state index in [9.17, 15) is 4.79 Å². The summed E-state index contributed by atoms with van der Waals surface area (Å²) in [5.74, 6) is 0.127. The van der Waals surface area contributed by atoms with Crippen molar-refractivity contribution in [2.75, 3.05) is 20.1 Å². The number of thiazole rings is 1. The molecule has 0 spiro atoms. The standard InChI is InChI=1S/C13H21N3OS.2ClH/c1-3-4-12-15-9-11(18-12)13(17)16(2)10-5-7-14-8-6-10;;/h9-10,14H,3-8H2,1-2H3;2*1H. The molecule has 1 aliphatic rings. The Morgan fingerprint density at radius 1 is 1.45 bits per heavy atom. The Hall–Kier alpha value is -0.360. The molecule has 0 aromatic carbocycles. The van der Waals surface area contributed by atoms with Crippen molar-refractivity contribution in [3.63, 3.8) is 0 Å². The van der Waals surface area contributed by atoms with Gasteiger partial charge in [0.2, 0.25) is 0 Å². The topological polar surface area (TPSA) is 45.2 Å². The third kappa shape index (κ3) is 4.88. The van der Waals surface area contributed by atoms with Gasteiger partial charge in [-0.15, -0.1) is 36.2 Å². The molecule has 1 aromatic rings. The van der Waals surface area contributed by atoms with Crippen molar-refractivity contribution < 1.29 is 4.79 Å². The molecule has 1 amide bonds. The van der Waals surface area contributed by atoms with Gasteiger partial charge in [-0.3, -0.25) is 4.79 Å². The molecule has 0 saturated carbocycles. The fourth-order valence-electron chi connectivity index (χ4n) is 2.27. The zero-order valence-corrected chi connectivity index (χ0v) is 14.4. The van der Waals surface area contributed by atoms with E-state index in [0.717, 1.165) is 48.7 Å². The van der Waals surface area contributed by atoms with E-state index >= 15 is 0 Å². The molecule has 0 atom stereocenters. The van der Waals surface area contributed by atoms with Gasteiger partial charge in [0, 0.05) is 13.1 Å². The normalized spacial score (nSPS) is 15.1. The van der Waals surface area contributed by atoms with Gasteiger partial charge in [0.05, 0.1) is 11.2 Å². The molecule has 0 radical (unpaired) electrons. The van der Waals surface area contributed by atoms with Crippen molar-refractivity contribution in [2.24, 2.45) is 0 Å². The second kappa shape index (κ2) is 9.55. The second-order valence-electron chi connectivity index (χ2n) is 4.77. The molecule has 2 rings (SSSR count). The Bertz CT molecular complexity index is 408. The van der Waals surface area contributed by atoms with Gasteiger partial charge < -0.3 is 10.2 Å². The highest BCUT2D eigenvalue weighted by Gasteiger charge is 2.24. The predicted molar refractivity (Wildman–Crippen MR) is 88.6 cm³/mol. The third-order valence-corrected chi connectivity index (χ3v) is 4.45. The molecule has 1 aromatic heterocycles. The first kappa shape index (κ1) is 19.6. The molecule has 4 nitrogen and oxygen atoms in total. The van der Waals surface area contributed by atoms with Crippen molar-refractivity contribution in [1.29, 1.82) is 0 Å². The molecule has 0 bridgehead atoms. The largest absolute Gasteiger partial charge is 0.338 e. The summed E-state index contributed by atoms with van der Waals surface area (Å²) in [6.45, 7) is 4.14. The predicted octanol–water partition coefficient (Wildman–Crippen LogP) is 2.76. The van der Waals surface area contributed by atoms with Crippen LogP contribution in [0.1, 0.15) is 40.9 Å². The third-order valence-electron chi connectivity index (χ3n) is 3.40. The van der Waals surface area contributed by atoms with Crippen molar-refractivity contribution >= 4 is 42.1 Å². The summed E-state index contributed by atoms with van der Waals surface area (Å²) in [6, 6.07) is 0.371. The lowest BCUT2D eigenvalue weighted by molar-refractivity contribution is 0.0708. The molecule has 1 N–H and O–H groups in total. The van der Waals surface area contributed by atoms with E-state index in [0.29, 0.717) is 6.04 Å². The van der Waals surface area contributed by atoms with Gasteiger partial charge in [0.15, 0.2) is 0 Å². The smallest absolute Gasteiger partial charge is 0.265 e. The molecule has 20 heavy (non-hydrogen) atoms. The number of nitrogens with zero attached hydrogens (tertiary/aromatic N) is 2. The number of amides is 1. The maximum Gasteiger partial charge on any atom is 0.265 e. The summed E-state index contributed by atoms with van der Waals surface area (Å²) >= 11 is 1.54. The van der Waals surface area contributed by atoms with Gasteiger partial charge in [0.1, 0.15) is 4.88 Å². The SMILES string of the molecule is CCCc1ncc(C(=O)N(C)C2CCNCC2)s1.Cl.Cl. The molecule has 1 aliphatic heterocycles. The molecule has 0 aliphatic carbocycles. The summed E-state index contributed by atoms with van der Waals surface area (Å²) in [5, 5.41) is 4.39. The Morgan fingerprint density at radius 2 is 2.10 bits per heavy atom. The first-order valence-electron chi connectivity index (χ1n) is 6.65. The minimum absolute atomic E-state index is 0. The Morgan fingerprint density at radius 3 is 2.70 bits per heavy atom.